The number of hydrogen-bond donors (Lipinski definition) is 0. The summed E-state index contributed by atoms with van der Waals surface area (Å²) in [5.41, 5.74) is 1.61. The van der Waals surface area contributed by atoms with Crippen molar-refractivity contribution in [3.05, 3.63) is 40.2 Å². The Kier molecular flexibility index (Phi) is 3.41. The van der Waals surface area contributed by atoms with Crippen LogP contribution in [0.25, 0.3) is 11.3 Å². The Balaban J connectivity index is 2.58. The highest BCUT2D eigenvalue weighted by Gasteiger charge is 2.08. The molecular weight excluding hydrogens is 291 g/mol. The van der Waals surface area contributed by atoms with Crippen LogP contribution in [0.15, 0.2) is 35.2 Å². The number of halogens is 2. The zero-order valence-corrected chi connectivity index (χ0v) is 10.8. The normalized spacial score (nSPS) is 10.2. The fourth-order valence-electron chi connectivity index (χ4n) is 1.37. The summed E-state index contributed by atoms with van der Waals surface area (Å²) in [5.74, 6) is 0.731. The van der Waals surface area contributed by atoms with Crippen LogP contribution in [0.4, 0.5) is 0 Å². The highest BCUT2D eigenvalue weighted by molar-refractivity contribution is 9.10. The maximum absolute atomic E-state index is 5.95. The van der Waals surface area contributed by atoms with Gasteiger partial charge in [-0.2, -0.15) is 0 Å². The van der Waals surface area contributed by atoms with E-state index in [1.54, 1.807) is 25.4 Å². The molecule has 5 heteroatoms. The van der Waals surface area contributed by atoms with Gasteiger partial charge in [-0.1, -0.05) is 11.6 Å². The third kappa shape index (κ3) is 2.33. The van der Waals surface area contributed by atoms with Gasteiger partial charge in [0.2, 0.25) is 0 Å². The molecule has 3 nitrogen and oxygen atoms in total. The molecule has 2 aromatic rings. The van der Waals surface area contributed by atoms with Crippen molar-refractivity contribution < 1.29 is 4.74 Å². The Morgan fingerprint density at radius 2 is 2.12 bits per heavy atom. The minimum atomic E-state index is 0.534. The Morgan fingerprint density at radius 1 is 1.31 bits per heavy atom. The van der Waals surface area contributed by atoms with Crippen LogP contribution in [0.1, 0.15) is 0 Å². The lowest BCUT2D eigenvalue weighted by molar-refractivity contribution is 0.416. The van der Waals surface area contributed by atoms with Crippen LogP contribution in [0.5, 0.6) is 5.75 Å². The monoisotopic (exact) mass is 298 g/mol. The van der Waals surface area contributed by atoms with Crippen molar-refractivity contribution in [2.24, 2.45) is 0 Å². The van der Waals surface area contributed by atoms with Crippen LogP contribution in [-0.4, -0.2) is 17.1 Å². The maximum atomic E-state index is 5.95. The van der Waals surface area contributed by atoms with E-state index in [0.717, 1.165) is 17.0 Å². The second kappa shape index (κ2) is 4.80. The molecule has 0 aliphatic carbocycles. The first-order valence-corrected chi connectivity index (χ1v) is 5.70. The lowest BCUT2D eigenvalue weighted by Crippen LogP contribution is -1.91. The number of hydrogen-bond acceptors (Lipinski definition) is 3. The van der Waals surface area contributed by atoms with Gasteiger partial charge in [-0.3, -0.25) is 0 Å². The van der Waals surface area contributed by atoms with Crippen molar-refractivity contribution in [1.82, 2.24) is 9.97 Å². The van der Waals surface area contributed by atoms with E-state index in [9.17, 15) is 0 Å². The Morgan fingerprint density at radius 3 is 2.81 bits per heavy atom. The number of methoxy groups -OCH3 is 1. The van der Waals surface area contributed by atoms with Crippen molar-refractivity contribution in [2.45, 2.75) is 0 Å². The first-order chi connectivity index (χ1) is 7.70. The zero-order chi connectivity index (χ0) is 11.5. The van der Waals surface area contributed by atoms with E-state index in [0.29, 0.717) is 9.76 Å². The number of aromatic nitrogens is 2. The molecule has 0 unspecified atom stereocenters. The van der Waals surface area contributed by atoms with Crippen molar-refractivity contribution in [1.29, 1.82) is 0 Å². The molecule has 2 rings (SSSR count). The average Bonchev–Trinajstić information content (AvgIpc) is 2.29. The summed E-state index contributed by atoms with van der Waals surface area (Å²) < 4.78 is 5.79. The first kappa shape index (κ1) is 11.4. The van der Waals surface area contributed by atoms with E-state index in [-0.39, 0.29) is 0 Å². The van der Waals surface area contributed by atoms with Gasteiger partial charge in [0, 0.05) is 16.8 Å². The molecule has 1 heterocycles. The van der Waals surface area contributed by atoms with Crippen LogP contribution in [0.2, 0.25) is 5.02 Å². The summed E-state index contributed by atoms with van der Waals surface area (Å²) in [4.78, 5) is 8.24. The van der Waals surface area contributed by atoms with Gasteiger partial charge < -0.3 is 4.74 Å². The Labute approximate surface area is 107 Å². The molecule has 0 aliphatic rings. The van der Waals surface area contributed by atoms with E-state index < -0.39 is 0 Å². The van der Waals surface area contributed by atoms with E-state index >= 15 is 0 Å². The lowest BCUT2D eigenvalue weighted by Gasteiger charge is -2.08. The zero-order valence-electron chi connectivity index (χ0n) is 8.45. The van der Waals surface area contributed by atoms with Gasteiger partial charge in [-0.25, -0.2) is 9.97 Å². The number of benzene rings is 1. The molecule has 1 aromatic heterocycles. The van der Waals surface area contributed by atoms with E-state index in [4.69, 9.17) is 16.3 Å². The van der Waals surface area contributed by atoms with Crippen LogP contribution < -0.4 is 4.74 Å². The second-order valence-electron chi connectivity index (χ2n) is 3.06. The van der Waals surface area contributed by atoms with Gasteiger partial charge in [0.25, 0.3) is 0 Å². The molecule has 16 heavy (non-hydrogen) atoms. The molecule has 0 saturated carbocycles. The molecule has 82 valence electrons. The fraction of sp³-hybridized carbons (Fsp3) is 0.0909. The number of ether oxygens (including phenoxy) is 1. The van der Waals surface area contributed by atoms with E-state index in [2.05, 4.69) is 25.9 Å². The van der Waals surface area contributed by atoms with Crippen LogP contribution in [0, 0.1) is 0 Å². The van der Waals surface area contributed by atoms with Gasteiger partial charge in [-0.15, -0.1) is 0 Å². The molecule has 0 aliphatic heterocycles. The largest absolute Gasteiger partial charge is 0.496 e. The minimum absolute atomic E-state index is 0.534. The molecular formula is C11H8BrClN2O. The molecule has 0 N–H and O–H groups in total. The average molecular weight is 300 g/mol. The maximum Gasteiger partial charge on any atom is 0.197 e. The molecule has 0 fully saturated rings. The van der Waals surface area contributed by atoms with Gasteiger partial charge in [-0.05, 0) is 40.2 Å². The lowest BCUT2D eigenvalue weighted by atomic mass is 10.1. The predicted molar refractivity (Wildman–Crippen MR) is 66.7 cm³/mol. The second-order valence-corrected chi connectivity index (χ2v) is 4.20. The van der Waals surface area contributed by atoms with Crippen LogP contribution >= 0.6 is 27.5 Å². The molecule has 0 spiro atoms. The summed E-state index contributed by atoms with van der Waals surface area (Å²) >= 11 is 9.18. The summed E-state index contributed by atoms with van der Waals surface area (Å²) in [6.07, 6.45) is 1.67. The summed E-state index contributed by atoms with van der Waals surface area (Å²) in [6, 6.07) is 7.21. The van der Waals surface area contributed by atoms with Crippen molar-refractivity contribution in [3.8, 4) is 17.0 Å². The molecule has 0 atom stereocenters. The third-order valence-corrected chi connectivity index (χ3v) is 2.68. The summed E-state index contributed by atoms with van der Waals surface area (Å²) in [5, 5.41) is 0.644. The van der Waals surface area contributed by atoms with Crippen LogP contribution in [0.3, 0.4) is 0 Å². The van der Waals surface area contributed by atoms with E-state index in [1.807, 2.05) is 12.1 Å². The van der Waals surface area contributed by atoms with Gasteiger partial charge in [0.1, 0.15) is 5.75 Å². The number of rotatable bonds is 2. The summed E-state index contributed by atoms with van der Waals surface area (Å²) in [7, 11) is 1.61. The third-order valence-electron chi connectivity index (χ3n) is 2.06. The quantitative estimate of drug-likeness (QED) is 0.795. The molecule has 1 aromatic carbocycles. The SMILES string of the molecule is COc1ccc(Cl)cc1-c1ccnc(Br)n1. The minimum Gasteiger partial charge on any atom is -0.496 e. The fourth-order valence-corrected chi connectivity index (χ4v) is 1.85. The first-order valence-electron chi connectivity index (χ1n) is 4.53. The summed E-state index contributed by atoms with van der Waals surface area (Å²) in [6.45, 7) is 0. The topological polar surface area (TPSA) is 35.0 Å². The Hall–Kier alpha value is -1.13. The number of nitrogens with zero attached hydrogens (tertiary/aromatic N) is 2. The van der Waals surface area contributed by atoms with Crippen LogP contribution in [-0.2, 0) is 0 Å². The molecule has 0 radical (unpaired) electrons. The highest BCUT2D eigenvalue weighted by atomic mass is 79.9. The molecule has 0 amide bonds. The molecule has 0 bridgehead atoms. The van der Waals surface area contributed by atoms with Crippen molar-refractivity contribution in [2.75, 3.05) is 7.11 Å². The Bertz CT molecular complexity index is 519. The van der Waals surface area contributed by atoms with Gasteiger partial charge in [0.05, 0.1) is 12.8 Å². The van der Waals surface area contributed by atoms with E-state index in [1.165, 1.54) is 0 Å². The highest BCUT2D eigenvalue weighted by Crippen LogP contribution is 2.31. The van der Waals surface area contributed by atoms with Gasteiger partial charge in [0.15, 0.2) is 4.73 Å². The standard InChI is InChI=1S/C11H8BrClN2O/c1-16-10-3-2-7(13)6-8(10)9-4-5-14-11(12)15-9/h2-6H,1H3. The van der Waals surface area contributed by atoms with Crippen molar-refractivity contribution >= 4 is 27.5 Å². The van der Waals surface area contributed by atoms with Gasteiger partial charge >= 0.3 is 0 Å². The predicted octanol–water partition coefficient (Wildman–Crippen LogP) is 3.57. The molecule has 0 saturated heterocycles. The van der Waals surface area contributed by atoms with Crippen molar-refractivity contribution in [3.63, 3.8) is 0 Å². The smallest absolute Gasteiger partial charge is 0.197 e.